The topological polar surface area (TPSA) is 42.2 Å². The van der Waals surface area contributed by atoms with Crippen molar-refractivity contribution in [2.45, 2.75) is 51.6 Å². The number of hydrogen-bond donors (Lipinski definition) is 1. The van der Waals surface area contributed by atoms with Crippen molar-refractivity contribution in [1.29, 1.82) is 0 Å². The van der Waals surface area contributed by atoms with Gasteiger partial charge in [-0.1, -0.05) is 25.8 Å². The van der Waals surface area contributed by atoms with Crippen LogP contribution in [0.25, 0.3) is 0 Å². The standard InChI is InChI=1S/C16H27N3/c1-3-6-14-8-11-19(12-9-14)16(13(2)17)15-7-4-5-10-18-15/h4-5,7,10,13-14,16H,3,6,8-9,11-12,17H2,1-2H3. The number of nitrogens with zero attached hydrogens (tertiary/aromatic N) is 2. The minimum absolute atomic E-state index is 0.123. The van der Waals surface area contributed by atoms with Crippen LogP contribution in [0.1, 0.15) is 51.3 Å². The Morgan fingerprint density at radius 3 is 2.63 bits per heavy atom. The molecule has 0 aromatic carbocycles. The van der Waals surface area contributed by atoms with Gasteiger partial charge in [0.15, 0.2) is 0 Å². The zero-order valence-electron chi connectivity index (χ0n) is 12.3. The van der Waals surface area contributed by atoms with Gasteiger partial charge >= 0.3 is 0 Å². The molecule has 3 heteroatoms. The maximum Gasteiger partial charge on any atom is 0.0670 e. The summed E-state index contributed by atoms with van der Waals surface area (Å²) in [5.74, 6) is 0.915. The highest BCUT2D eigenvalue weighted by Crippen LogP contribution is 2.29. The van der Waals surface area contributed by atoms with Crippen molar-refractivity contribution in [2.75, 3.05) is 13.1 Å². The van der Waals surface area contributed by atoms with E-state index in [0.717, 1.165) is 24.7 Å². The van der Waals surface area contributed by atoms with Crippen LogP contribution >= 0.6 is 0 Å². The van der Waals surface area contributed by atoms with Crippen molar-refractivity contribution in [3.63, 3.8) is 0 Å². The van der Waals surface area contributed by atoms with Gasteiger partial charge < -0.3 is 5.73 Å². The van der Waals surface area contributed by atoms with Gasteiger partial charge in [0.2, 0.25) is 0 Å². The molecule has 2 unspecified atom stereocenters. The third-order valence-corrected chi connectivity index (χ3v) is 4.23. The van der Waals surface area contributed by atoms with E-state index in [1.807, 2.05) is 12.3 Å². The highest BCUT2D eigenvalue weighted by Gasteiger charge is 2.28. The molecule has 1 aromatic heterocycles. The molecule has 1 fully saturated rings. The monoisotopic (exact) mass is 261 g/mol. The molecule has 0 radical (unpaired) electrons. The Hall–Kier alpha value is -0.930. The molecule has 2 heterocycles. The lowest BCUT2D eigenvalue weighted by atomic mass is 9.90. The summed E-state index contributed by atoms with van der Waals surface area (Å²) in [6.07, 6.45) is 7.17. The lowest BCUT2D eigenvalue weighted by Crippen LogP contribution is -2.44. The van der Waals surface area contributed by atoms with Crippen LogP contribution in [0, 0.1) is 5.92 Å². The largest absolute Gasteiger partial charge is 0.326 e. The maximum atomic E-state index is 6.21. The molecule has 106 valence electrons. The first-order valence-electron chi connectivity index (χ1n) is 7.63. The molecule has 0 bridgehead atoms. The van der Waals surface area contributed by atoms with Crippen LogP contribution < -0.4 is 5.73 Å². The lowest BCUT2D eigenvalue weighted by molar-refractivity contribution is 0.113. The van der Waals surface area contributed by atoms with Gasteiger partial charge in [-0.3, -0.25) is 9.88 Å². The van der Waals surface area contributed by atoms with Gasteiger partial charge in [-0.25, -0.2) is 0 Å². The van der Waals surface area contributed by atoms with Gasteiger partial charge in [-0.15, -0.1) is 0 Å². The van der Waals surface area contributed by atoms with Crippen molar-refractivity contribution >= 4 is 0 Å². The second kappa shape index (κ2) is 7.01. The quantitative estimate of drug-likeness (QED) is 0.886. The molecule has 1 aliphatic heterocycles. The fourth-order valence-corrected chi connectivity index (χ4v) is 3.27. The molecular weight excluding hydrogens is 234 g/mol. The number of aromatic nitrogens is 1. The van der Waals surface area contributed by atoms with Gasteiger partial charge in [0.1, 0.15) is 0 Å². The molecule has 0 saturated carbocycles. The van der Waals surface area contributed by atoms with E-state index in [4.69, 9.17) is 5.73 Å². The third kappa shape index (κ3) is 3.77. The third-order valence-electron chi connectivity index (χ3n) is 4.23. The van der Waals surface area contributed by atoms with Gasteiger partial charge in [-0.2, -0.15) is 0 Å². The Labute approximate surface area is 117 Å². The zero-order chi connectivity index (χ0) is 13.7. The van der Waals surface area contributed by atoms with E-state index >= 15 is 0 Å². The Morgan fingerprint density at radius 1 is 1.37 bits per heavy atom. The van der Waals surface area contributed by atoms with Gasteiger partial charge in [0.25, 0.3) is 0 Å². The average Bonchev–Trinajstić information content (AvgIpc) is 2.42. The van der Waals surface area contributed by atoms with Crippen LogP contribution in [-0.2, 0) is 0 Å². The smallest absolute Gasteiger partial charge is 0.0670 e. The molecule has 0 aliphatic carbocycles. The molecule has 3 nitrogen and oxygen atoms in total. The molecule has 2 N–H and O–H groups in total. The lowest BCUT2D eigenvalue weighted by Gasteiger charge is -2.39. The molecule has 0 amide bonds. The summed E-state index contributed by atoms with van der Waals surface area (Å²) in [5, 5.41) is 0. The van der Waals surface area contributed by atoms with Gasteiger partial charge in [-0.05, 0) is 50.9 Å². The number of hydrogen-bond acceptors (Lipinski definition) is 3. The van der Waals surface area contributed by atoms with E-state index in [-0.39, 0.29) is 12.1 Å². The zero-order valence-corrected chi connectivity index (χ0v) is 12.3. The molecular formula is C16H27N3. The molecule has 1 aromatic rings. The van der Waals surface area contributed by atoms with Crippen LogP contribution in [0.3, 0.4) is 0 Å². The molecule has 1 aliphatic rings. The molecule has 2 rings (SSSR count). The summed E-state index contributed by atoms with van der Waals surface area (Å²) >= 11 is 0. The van der Waals surface area contributed by atoms with Gasteiger partial charge in [0.05, 0.1) is 11.7 Å². The van der Waals surface area contributed by atoms with Crippen LogP contribution in [0.2, 0.25) is 0 Å². The molecule has 19 heavy (non-hydrogen) atoms. The normalized spacial score (nSPS) is 21.2. The van der Waals surface area contributed by atoms with Crippen molar-refractivity contribution in [3.05, 3.63) is 30.1 Å². The van der Waals surface area contributed by atoms with E-state index in [9.17, 15) is 0 Å². The first-order chi connectivity index (χ1) is 9.22. The number of rotatable bonds is 5. The Kier molecular flexibility index (Phi) is 5.34. The summed E-state index contributed by atoms with van der Waals surface area (Å²) in [5.41, 5.74) is 7.33. The second-order valence-corrected chi connectivity index (χ2v) is 5.83. The summed E-state index contributed by atoms with van der Waals surface area (Å²) < 4.78 is 0. The minimum Gasteiger partial charge on any atom is -0.326 e. The van der Waals surface area contributed by atoms with E-state index in [1.165, 1.54) is 25.7 Å². The predicted molar refractivity (Wildman–Crippen MR) is 79.8 cm³/mol. The molecule has 1 saturated heterocycles. The summed E-state index contributed by atoms with van der Waals surface area (Å²) in [7, 11) is 0. The Morgan fingerprint density at radius 2 is 2.11 bits per heavy atom. The fourth-order valence-electron chi connectivity index (χ4n) is 3.27. The predicted octanol–water partition coefficient (Wildman–Crippen LogP) is 2.98. The van der Waals surface area contributed by atoms with E-state index in [0.29, 0.717) is 0 Å². The maximum absolute atomic E-state index is 6.21. The van der Waals surface area contributed by atoms with E-state index in [2.05, 4.69) is 35.9 Å². The summed E-state index contributed by atoms with van der Waals surface area (Å²) in [6.45, 7) is 6.70. The van der Waals surface area contributed by atoms with E-state index in [1.54, 1.807) is 0 Å². The van der Waals surface area contributed by atoms with Gasteiger partial charge in [0, 0.05) is 12.2 Å². The van der Waals surface area contributed by atoms with Crippen molar-refractivity contribution < 1.29 is 0 Å². The van der Waals surface area contributed by atoms with Crippen molar-refractivity contribution in [3.8, 4) is 0 Å². The number of piperidine rings is 1. The minimum atomic E-state index is 0.123. The van der Waals surface area contributed by atoms with Crippen molar-refractivity contribution in [1.82, 2.24) is 9.88 Å². The van der Waals surface area contributed by atoms with E-state index < -0.39 is 0 Å². The SMILES string of the molecule is CCCC1CCN(C(c2ccccn2)C(C)N)CC1. The first kappa shape index (κ1) is 14.5. The average molecular weight is 261 g/mol. The number of likely N-dealkylation sites (tertiary alicyclic amines) is 1. The number of pyridine rings is 1. The summed E-state index contributed by atoms with van der Waals surface area (Å²) in [6, 6.07) is 6.52. The van der Waals surface area contributed by atoms with Crippen LogP contribution in [0.5, 0.6) is 0 Å². The van der Waals surface area contributed by atoms with Crippen LogP contribution in [0.15, 0.2) is 24.4 Å². The molecule has 0 spiro atoms. The van der Waals surface area contributed by atoms with Crippen LogP contribution in [-0.4, -0.2) is 29.0 Å². The summed E-state index contributed by atoms with van der Waals surface area (Å²) in [4.78, 5) is 7.04. The fraction of sp³-hybridized carbons (Fsp3) is 0.688. The highest BCUT2D eigenvalue weighted by atomic mass is 15.2. The van der Waals surface area contributed by atoms with Crippen LogP contribution in [0.4, 0.5) is 0 Å². The Balaban J connectivity index is 2.02. The second-order valence-electron chi connectivity index (χ2n) is 5.83. The highest BCUT2D eigenvalue weighted by molar-refractivity contribution is 5.11. The first-order valence-corrected chi connectivity index (χ1v) is 7.63. The number of nitrogens with two attached hydrogens (primary N) is 1. The molecule has 2 atom stereocenters. The van der Waals surface area contributed by atoms with Crippen molar-refractivity contribution in [2.24, 2.45) is 11.7 Å². The Bertz CT molecular complexity index is 356.